The van der Waals surface area contributed by atoms with Crippen molar-refractivity contribution < 1.29 is 9.53 Å². The van der Waals surface area contributed by atoms with E-state index in [0.29, 0.717) is 18.6 Å². The van der Waals surface area contributed by atoms with Gasteiger partial charge in [0.15, 0.2) is 0 Å². The molecule has 1 aromatic rings. The summed E-state index contributed by atoms with van der Waals surface area (Å²) in [5.41, 5.74) is 3.53. The average molecular weight is 203 g/mol. The number of benzene rings is 1. The van der Waals surface area contributed by atoms with Crippen molar-refractivity contribution in [1.82, 2.24) is 0 Å². The van der Waals surface area contributed by atoms with Crippen LogP contribution in [-0.4, -0.2) is 18.9 Å². The number of hydrogen-bond acceptors (Lipinski definition) is 3. The largest absolute Gasteiger partial charge is 0.493 e. The third kappa shape index (κ3) is 1.39. The Morgan fingerprint density at radius 3 is 3.13 bits per heavy atom. The molecule has 3 rings (SSSR count). The van der Waals surface area contributed by atoms with Gasteiger partial charge in [-0.15, -0.1) is 0 Å². The number of carbonyl (C=O) groups is 1. The van der Waals surface area contributed by atoms with Gasteiger partial charge >= 0.3 is 0 Å². The quantitative estimate of drug-likeness (QED) is 0.695. The van der Waals surface area contributed by atoms with Crippen molar-refractivity contribution in [2.75, 3.05) is 18.5 Å². The van der Waals surface area contributed by atoms with Crippen LogP contribution in [0.5, 0.6) is 5.75 Å². The van der Waals surface area contributed by atoms with Crippen LogP contribution in [0.2, 0.25) is 0 Å². The predicted octanol–water partition coefficient (Wildman–Crippen LogP) is 1.55. The molecule has 0 spiro atoms. The smallest absolute Gasteiger partial charge is 0.139 e. The molecule has 0 amide bonds. The van der Waals surface area contributed by atoms with Gasteiger partial charge in [0, 0.05) is 37.1 Å². The number of anilines is 1. The topological polar surface area (TPSA) is 38.3 Å². The number of ketones is 1. The molecule has 2 aliphatic rings. The van der Waals surface area contributed by atoms with Gasteiger partial charge in [-0.25, -0.2) is 0 Å². The molecule has 1 aromatic carbocycles. The Kier molecular flexibility index (Phi) is 1.91. The van der Waals surface area contributed by atoms with E-state index in [4.69, 9.17) is 4.74 Å². The standard InChI is InChI=1S/C12H13NO2/c14-9-3-5-13-12-8(7-9)1-2-11-10(12)4-6-15-11/h1-2,13H,3-7H2. The first-order valence-electron chi connectivity index (χ1n) is 5.38. The van der Waals surface area contributed by atoms with Gasteiger partial charge in [-0.1, -0.05) is 6.07 Å². The molecule has 3 heteroatoms. The molecule has 0 radical (unpaired) electrons. The van der Waals surface area contributed by atoms with Crippen LogP contribution in [0.25, 0.3) is 0 Å². The summed E-state index contributed by atoms with van der Waals surface area (Å²) < 4.78 is 5.51. The molecule has 3 nitrogen and oxygen atoms in total. The summed E-state index contributed by atoms with van der Waals surface area (Å²) in [6.45, 7) is 1.52. The van der Waals surface area contributed by atoms with Crippen molar-refractivity contribution in [1.29, 1.82) is 0 Å². The van der Waals surface area contributed by atoms with Gasteiger partial charge in [0.2, 0.25) is 0 Å². The molecule has 0 saturated carbocycles. The predicted molar refractivity (Wildman–Crippen MR) is 57.5 cm³/mol. The van der Waals surface area contributed by atoms with Crippen molar-refractivity contribution in [3.63, 3.8) is 0 Å². The molecule has 1 N–H and O–H groups in total. The first kappa shape index (κ1) is 8.77. The lowest BCUT2D eigenvalue weighted by molar-refractivity contribution is -0.118. The first-order valence-corrected chi connectivity index (χ1v) is 5.38. The molecule has 0 unspecified atom stereocenters. The van der Waals surface area contributed by atoms with Crippen LogP contribution in [0.3, 0.4) is 0 Å². The van der Waals surface area contributed by atoms with Crippen LogP contribution < -0.4 is 10.1 Å². The zero-order valence-corrected chi connectivity index (χ0v) is 8.51. The maximum atomic E-state index is 11.5. The lowest BCUT2D eigenvalue weighted by atomic mass is 10.0. The minimum Gasteiger partial charge on any atom is -0.493 e. The minimum absolute atomic E-state index is 0.320. The number of ether oxygens (including phenoxy) is 1. The number of Topliss-reactive ketones (excluding diaryl/α,β-unsaturated/α-hetero) is 1. The average Bonchev–Trinajstić information content (AvgIpc) is 2.61. The van der Waals surface area contributed by atoms with Gasteiger partial charge in [-0.05, 0) is 11.6 Å². The number of fused-ring (bicyclic) bond motifs is 3. The molecule has 0 fully saturated rings. The van der Waals surface area contributed by atoms with Crippen molar-refractivity contribution in [3.8, 4) is 5.75 Å². The Balaban J connectivity index is 2.11. The van der Waals surface area contributed by atoms with Crippen molar-refractivity contribution in [3.05, 3.63) is 23.3 Å². The summed E-state index contributed by atoms with van der Waals surface area (Å²) in [7, 11) is 0. The van der Waals surface area contributed by atoms with Crippen LogP contribution in [0.15, 0.2) is 12.1 Å². The number of carbonyl (C=O) groups excluding carboxylic acids is 1. The van der Waals surface area contributed by atoms with Crippen LogP contribution >= 0.6 is 0 Å². The van der Waals surface area contributed by atoms with Crippen molar-refractivity contribution >= 4 is 11.5 Å². The fraction of sp³-hybridized carbons (Fsp3) is 0.417. The van der Waals surface area contributed by atoms with Crippen LogP contribution in [0.1, 0.15) is 17.5 Å². The van der Waals surface area contributed by atoms with Gasteiger partial charge in [0.1, 0.15) is 11.5 Å². The van der Waals surface area contributed by atoms with Gasteiger partial charge in [-0.3, -0.25) is 4.79 Å². The lowest BCUT2D eigenvalue weighted by Gasteiger charge is -2.11. The van der Waals surface area contributed by atoms with Crippen LogP contribution in [0.4, 0.5) is 5.69 Å². The summed E-state index contributed by atoms with van der Waals surface area (Å²) in [4.78, 5) is 11.5. The second kappa shape index (κ2) is 3.26. The van der Waals surface area contributed by atoms with E-state index >= 15 is 0 Å². The van der Waals surface area contributed by atoms with Gasteiger partial charge in [0.25, 0.3) is 0 Å². The van der Waals surface area contributed by atoms with E-state index in [0.717, 1.165) is 36.6 Å². The second-order valence-corrected chi connectivity index (χ2v) is 4.07. The number of hydrogen-bond donors (Lipinski definition) is 1. The fourth-order valence-corrected chi connectivity index (χ4v) is 2.32. The summed E-state index contributed by atoms with van der Waals surface area (Å²) in [5.74, 6) is 1.30. The van der Waals surface area contributed by atoms with E-state index in [-0.39, 0.29) is 0 Å². The van der Waals surface area contributed by atoms with E-state index in [1.54, 1.807) is 0 Å². The highest BCUT2D eigenvalue weighted by molar-refractivity contribution is 5.85. The Morgan fingerprint density at radius 2 is 2.20 bits per heavy atom. The fourth-order valence-electron chi connectivity index (χ4n) is 2.32. The molecular weight excluding hydrogens is 190 g/mol. The minimum atomic E-state index is 0.320. The van der Waals surface area contributed by atoms with Gasteiger partial charge < -0.3 is 10.1 Å². The Morgan fingerprint density at radius 1 is 1.27 bits per heavy atom. The molecule has 0 saturated heterocycles. The maximum absolute atomic E-state index is 11.5. The Bertz CT molecular complexity index is 426. The van der Waals surface area contributed by atoms with Crippen molar-refractivity contribution in [2.24, 2.45) is 0 Å². The summed E-state index contributed by atoms with van der Waals surface area (Å²) >= 11 is 0. The van der Waals surface area contributed by atoms with Crippen molar-refractivity contribution in [2.45, 2.75) is 19.3 Å². The molecule has 0 aromatic heterocycles. The second-order valence-electron chi connectivity index (χ2n) is 4.07. The van der Waals surface area contributed by atoms with E-state index < -0.39 is 0 Å². The summed E-state index contributed by atoms with van der Waals surface area (Å²) in [6.07, 6.45) is 2.15. The number of rotatable bonds is 0. The molecule has 2 aliphatic heterocycles. The maximum Gasteiger partial charge on any atom is 0.139 e. The van der Waals surface area contributed by atoms with Crippen LogP contribution in [-0.2, 0) is 17.6 Å². The molecule has 2 heterocycles. The monoisotopic (exact) mass is 203 g/mol. The Labute approximate surface area is 88.4 Å². The third-order valence-corrected chi connectivity index (χ3v) is 3.06. The SMILES string of the molecule is O=C1CCNc2c(ccc3c2CCO3)C1. The molecule has 78 valence electrons. The molecular formula is C12H13NO2. The van der Waals surface area contributed by atoms with Gasteiger partial charge in [0.05, 0.1) is 6.61 Å². The zero-order chi connectivity index (χ0) is 10.3. The highest BCUT2D eigenvalue weighted by atomic mass is 16.5. The van der Waals surface area contributed by atoms with E-state index in [9.17, 15) is 4.79 Å². The molecule has 15 heavy (non-hydrogen) atoms. The highest BCUT2D eigenvalue weighted by Crippen LogP contribution is 2.35. The van der Waals surface area contributed by atoms with E-state index in [1.165, 1.54) is 5.56 Å². The van der Waals surface area contributed by atoms with Crippen LogP contribution in [0, 0.1) is 0 Å². The summed E-state index contributed by atoms with van der Waals surface area (Å²) in [5, 5.41) is 3.36. The highest BCUT2D eigenvalue weighted by Gasteiger charge is 2.22. The molecule has 0 aliphatic carbocycles. The van der Waals surface area contributed by atoms with E-state index in [1.807, 2.05) is 12.1 Å². The normalized spacial score (nSPS) is 18.5. The lowest BCUT2D eigenvalue weighted by Crippen LogP contribution is -2.04. The van der Waals surface area contributed by atoms with Gasteiger partial charge in [-0.2, -0.15) is 0 Å². The zero-order valence-electron chi connectivity index (χ0n) is 8.51. The molecule has 0 atom stereocenters. The summed E-state index contributed by atoms with van der Waals surface area (Å²) in [6, 6.07) is 4.00. The molecule has 0 bridgehead atoms. The third-order valence-electron chi connectivity index (χ3n) is 3.06. The first-order chi connectivity index (χ1) is 7.34. The van der Waals surface area contributed by atoms with E-state index in [2.05, 4.69) is 5.32 Å². The number of nitrogens with one attached hydrogen (secondary N) is 1. The Hall–Kier alpha value is -1.51.